The van der Waals surface area contributed by atoms with Gasteiger partial charge in [0.2, 0.25) is 0 Å². The fourth-order valence-corrected chi connectivity index (χ4v) is 5.58. The Hall–Kier alpha value is -2.48. The highest BCUT2D eigenvalue weighted by Gasteiger charge is 2.46. The van der Waals surface area contributed by atoms with E-state index in [9.17, 15) is 0 Å². The van der Waals surface area contributed by atoms with E-state index < -0.39 is 17.3 Å². The molecule has 0 N–H and O–H groups in total. The second-order valence-corrected chi connectivity index (χ2v) is 10.9. The van der Waals surface area contributed by atoms with E-state index in [-0.39, 0.29) is 12.6 Å². The zero-order chi connectivity index (χ0) is 29.0. The highest BCUT2D eigenvalue weighted by atomic mass is 16.7. The average Bonchev–Trinajstić information content (AvgIpc) is 2.83. The maximum absolute atomic E-state index is 6.61. The highest BCUT2D eigenvalue weighted by molar-refractivity contribution is 5.61. The van der Waals surface area contributed by atoms with Gasteiger partial charge in [0, 0.05) is 53.9 Å². The van der Waals surface area contributed by atoms with E-state index in [1.807, 2.05) is 67.5 Å². The molecule has 2 aromatic rings. The molecule has 0 fully saturated rings. The summed E-state index contributed by atoms with van der Waals surface area (Å²) in [5.74, 6) is 3.06. The molecule has 0 bridgehead atoms. The third-order valence-corrected chi connectivity index (χ3v) is 7.13. The lowest BCUT2D eigenvalue weighted by molar-refractivity contribution is -0.0663. The van der Waals surface area contributed by atoms with Gasteiger partial charge in [0.05, 0.1) is 0 Å². The van der Waals surface area contributed by atoms with Gasteiger partial charge in [0.1, 0.15) is 28.6 Å². The standard InChI is InChI=1S/C32H48O7/c1-12-33-22(6)36-27-17-15-25(29(20(27)4)38-24(8)35-14-3)32(11)19-31(9,10)39-30-21(5)28(18-16-26(30)32)37-23(7)34-13-2/h15-18,22-24H,12-14,19H2,1-11H3. The average molecular weight is 545 g/mol. The van der Waals surface area contributed by atoms with Gasteiger partial charge >= 0.3 is 0 Å². The summed E-state index contributed by atoms with van der Waals surface area (Å²) in [5, 5.41) is 0. The Balaban J connectivity index is 2.18. The van der Waals surface area contributed by atoms with Gasteiger partial charge in [0.25, 0.3) is 0 Å². The third kappa shape index (κ3) is 7.00. The molecule has 1 aliphatic heterocycles. The van der Waals surface area contributed by atoms with E-state index in [4.69, 9.17) is 33.2 Å². The van der Waals surface area contributed by atoms with Crippen molar-refractivity contribution >= 4 is 0 Å². The van der Waals surface area contributed by atoms with E-state index in [0.717, 1.165) is 51.7 Å². The van der Waals surface area contributed by atoms with Crippen molar-refractivity contribution in [2.45, 2.75) is 112 Å². The van der Waals surface area contributed by atoms with Crippen molar-refractivity contribution in [3.63, 3.8) is 0 Å². The van der Waals surface area contributed by atoms with Crippen LogP contribution in [-0.4, -0.2) is 44.3 Å². The number of fused-ring (bicyclic) bond motifs is 1. The molecule has 7 nitrogen and oxygen atoms in total. The zero-order valence-electron chi connectivity index (χ0n) is 25.7. The monoisotopic (exact) mass is 544 g/mol. The SMILES string of the molecule is CCOC(C)Oc1ccc(C2(C)CC(C)(C)Oc3c2ccc(OC(C)OCC)c3C)c(OC(C)OCC)c1C. The van der Waals surface area contributed by atoms with Gasteiger partial charge in [-0.25, -0.2) is 0 Å². The smallest absolute Gasteiger partial charge is 0.196 e. The summed E-state index contributed by atoms with van der Waals surface area (Å²) in [6.45, 7) is 23.9. The summed E-state index contributed by atoms with van der Waals surface area (Å²) in [7, 11) is 0. The normalized spacial score (nSPS) is 20.4. The maximum Gasteiger partial charge on any atom is 0.196 e. The van der Waals surface area contributed by atoms with Crippen molar-refractivity contribution in [3.8, 4) is 23.0 Å². The van der Waals surface area contributed by atoms with E-state index in [2.05, 4.69) is 32.9 Å². The molecular weight excluding hydrogens is 496 g/mol. The predicted molar refractivity (Wildman–Crippen MR) is 153 cm³/mol. The molecule has 2 aromatic carbocycles. The van der Waals surface area contributed by atoms with Crippen LogP contribution in [0.25, 0.3) is 0 Å². The maximum atomic E-state index is 6.61. The molecule has 0 spiro atoms. The molecule has 1 aliphatic rings. The lowest BCUT2D eigenvalue weighted by Crippen LogP contribution is -2.44. The van der Waals surface area contributed by atoms with E-state index in [0.29, 0.717) is 19.8 Å². The Morgan fingerprint density at radius 1 is 0.692 bits per heavy atom. The first kappa shape index (κ1) is 31.1. The largest absolute Gasteiger partial charge is 0.487 e. The summed E-state index contributed by atoms with van der Waals surface area (Å²) >= 11 is 0. The summed E-state index contributed by atoms with van der Waals surface area (Å²) in [6, 6.07) is 8.25. The van der Waals surface area contributed by atoms with Crippen LogP contribution in [0.3, 0.4) is 0 Å². The summed E-state index contributed by atoms with van der Waals surface area (Å²) in [5.41, 5.74) is 3.12. The molecule has 1 heterocycles. The minimum atomic E-state index is -0.438. The van der Waals surface area contributed by atoms with Crippen LogP contribution in [0, 0.1) is 13.8 Å². The third-order valence-electron chi connectivity index (χ3n) is 7.13. The van der Waals surface area contributed by atoms with Crippen molar-refractivity contribution in [3.05, 3.63) is 46.5 Å². The molecule has 0 amide bonds. The molecule has 39 heavy (non-hydrogen) atoms. The van der Waals surface area contributed by atoms with Crippen LogP contribution in [0.1, 0.15) is 91.0 Å². The van der Waals surface area contributed by atoms with Crippen molar-refractivity contribution < 1.29 is 33.2 Å². The minimum Gasteiger partial charge on any atom is -0.487 e. The Morgan fingerprint density at radius 3 is 1.67 bits per heavy atom. The lowest BCUT2D eigenvalue weighted by Gasteiger charge is -2.46. The Kier molecular flexibility index (Phi) is 10.2. The van der Waals surface area contributed by atoms with Gasteiger partial charge in [-0.1, -0.05) is 19.1 Å². The molecule has 3 rings (SSSR count). The molecule has 7 heteroatoms. The molecule has 0 aromatic heterocycles. The molecule has 0 radical (unpaired) electrons. The van der Waals surface area contributed by atoms with Gasteiger partial charge in [-0.05, 0) is 81.4 Å². The van der Waals surface area contributed by atoms with Crippen LogP contribution in [-0.2, 0) is 19.6 Å². The zero-order valence-corrected chi connectivity index (χ0v) is 25.7. The van der Waals surface area contributed by atoms with Crippen molar-refractivity contribution in [1.82, 2.24) is 0 Å². The number of hydrogen-bond donors (Lipinski definition) is 0. The van der Waals surface area contributed by atoms with Gasteiger partial charge in [-0.2, -0.15) is 0 Å². The fraction of sp³-hybridized carbons (Fsp3) is 0.625. The number of benzene rings is 2. The number of ether oxygens (including phenoxy) is 7. The second kappa shape index (κ2) is 12.8. The first-order chi connectivity index (χ1) is 18.4. The number of rotatable bonds is 13. The molecule has 0 saturated heterocycles. The summed E-state index contributed by atoms with van der Waals surface area (Å²) in [4.78, 5) is 0. The Bertz CT molecular complexity index is 1110. The van der Waals surface area contributed by atoms with Gasteiger partial charge in [0.15, 0.2) is 18.9 Å². The molecule has 218 valence electrons. The molecule has 0 saturated carbocycles. The number of hydrogen-bond acceptors (Lipinski definition) is 7. The van der Waals surface area contributed by atoms with Crippen molar-refractivity contribution in [1.29, 1.82) is 0 Å². The van der Waals surface area contributed by atoms with Crippen LogP contribution in [0.15, 0.2) is 24.3 Å². The topological polar surface area (TPSA) is 64.6 Å². The molecule has 4 atom stereocenters. The minimum absolute atomic E-state index is 0.357. The highest BCUT2D eigenvalue weighted by Crippen LogP contribution is 2.54. The van der Waals surface area contributed by atoms with Gasteiger partial charge in [-0.15, -0.1) is 0 Å². The summed E-state index contributed by atoms with van der Waals surface area (Å²) < 4.78 is 42.5. The lowest BCUT2D eigenvalue weighted by atomic mass is 9.67. The fourth-order valence-electron chi connectivity index (χ4n) is 5.58. The van der Waals surface area contributed by atoms with Gasteiger partial charge < -0.3 is 33.2 Å². The van der Waals surface area contributed by atoms with Gasteiger partial charge in [-0.3, -0.25) is 0 Å². The Morgan fingerprint density at radius 2 is 1.15 bits per heavy atom. The second-order valence-electron chi connectivity index (χ2n) is 10.9. The first-order valence-electron chi connectivity index (χ1n) is 14.2. The van der Waals surface area contributed by atoms with Crippen LogP contribution < -0.4 is 18.9 Å². The van der Waals surface area contributed by atoms with Crippen LogP contribution in [0.2, 0.25) is 0 Å². The molecular formula is C32H48O7. The van der Waals surface area contributed by atoms with E-state index in [1.54, 1.807) is 0 Å². The molecule has 0 aliphatic carbocycles. The van der Waals surface area contributed by atoms with E-state index >= 15 is 0 Å². The van der Waals surface area contributed by atoms with E-state index in [1.165, 1.54) is 0 Å². The Labute approximate surface area is 235 Å². The van der Waals surface area contributed by atoms with Crippen molar-refractivity contribution in [2.24, 2.45) is 0 Å². The van der Waals surface area contributed by atoms with Crippen molar-refractivity contribution in [2.75, 3.05) is 19.8 Å². The predicted octanol–water partition coefficient (Wildman–Crippen LogP) is 7.45. The quantitative estimate of drug-likeness (QED) is 0.243. The van der Waals surface area contributed by atoms with Crippen LogP contribution in [0.5, 0.6) is 23.0 Å². The first-order valence-corrected chi connectivity index (χ1v) is 14.2. The van der Waals surface area contributed by atoms with Crippen LogP contribution >= 0.6 is 0 Å². The summed E-state index contributed by atoms with van der Waals surface area (Å²) in [6.07, 6.45) is -0.421. The molecule has 4 unspecified atom stereocenters. The van der Waals surface area contributed by atoms with Crippen LogP contribution in [0.4, 0.5) is 0 Å².